The molecule has 51 heavy (non-hydrogen) atoms. The van der Waals surface area contributed by atoms with Crippen molar-refractivity contribution in [1.82, 2.24) is 10.2 Å². The number of carbonyl (C=O) groups is 2. The summed E-state index contributed by atoms with van der Waals surface area (Å²) in [4.78, 5) is 24.9. The smallest absolute Gasteiger partial charge is 0.320 e. The Morgan fingerprint density at radius 3 is 1.63 bits per heavy atom. The Morgan fingerprint density at radius 2 is 1.12 bits per heavy atom. The number of halogens is 1. The Labute approximate surface area is 309 Å². The molecule has 272 valence electrons. The average molecular weight is 764 g/mol. The van der Waals surface area contributed by atoms with E-state index >= 15 is 0 Å². The average Bonchev–Trinajstić information content (AvgIpc) is 3.19. The first kappa shape index (κ1) is 39.2. The molecule has 2 aliphatic heterocycles. The van der Waals surface area contributed by atoms with Gasteiger partial charge < -0.3 is 33.7 Å². The molecular weight excluding hydrogens is 716 g/mol. The largest absolute Gasteiger partial charge is 0.493 e. The number of methoxy groups -OCH3 is 4. The number of alkyl halides is 1. The third-order valence-corrected chi connectivity index (χ3v) is 8.79. The molecule has 0 fully saturated rings. The van der Waals surface area contributed by atoms with Gasteiger partial charge in [0.05, 0.1) is 35.0 Å². The summed E-state index contributed by atoms with van der Waals surface area (Å²) in [6, 6.07) is 27.5. The number of ether oxygens (including phenoxy) is 6. The highest BCUT2D eigenvalue weighted by atomic mass is 79.9. The number of nitrogens with one attached hydrogen (secondary N) is 1. The summed E-state index contributed by atoms with van der Waals surface area (Å²) >= 11 is 3.01. The lowest BCUT2D eigenvalue weighted by Crippen LogP contribution is -2.35. The number of esters is 2. The third kappa shape index (κ3) is 12.3. The van der Waals surface area contributed by atoms with Crippen LogP contribution in [0.4, 0.5) is 0 Å². The van der Waals surface area contributed by atoms with Crippen LogP contribution < -0.4 is 24.3 Å². The van der Waals surface area contributed by atoms with Gasteiger partial charge in [-0.3, -0.25) is 14.5 Å². The van der Waals surface area contributed by atoms with E-state index in [1.807, 2.05) is 72.8 Å². The molecule has 6 rings (SSSR count). The molecule has 0 saturated heterocycles. The molecule has 0 aromatic heterocycles. The second-order valence-corrected chi connectivity index (χ2v) is 12.3. The van der Waals surface area contributed by atoms with Gasteiger partial charge >= 0.3 is 11.9 Å². The number of hydrogen-bond acceptors (Lipinski definition) is 10. The van der Waals surface area contributed by atoms with Gasteiger partial charge in [0.1, 0.15) is 18.5 Å². The maximum Gasteiger partial charge on any atom is 0.320 e. The van der Waals surface area contributed by atoms with E-state index in [0.29, 0.717) is 26.3 Å². The standard InChI is InChI=1S/C20H23NO4.C11H15NO2.C9H9BrO2/c1-23-18-10-16-8-9-21(12-17(16)11-19(18)24-2)13-20(22)25-14-15-6-4-3-5-7-15;1-13-10-5-8-3-4-12-7-9(8)6-11(10)14-2;10-6-9(11)12-7-8-4-2-1-3-5-8/h3-7,10-11H,8-9,12-14H2,1-2H3;5-6,12H,3-4,7H2,1-2H3;1-5H,6-7H2. The first-order chi connectivity index (χ1) is 24.9. The SMILES string of the molecule is COc1cc2c(cc1OC)CN(CC(=O)OCc1ccccc1)CC2.COc1cc2c(cc1OC)CNCC2.O=C(CBr)OCc1ccccc1. The molecule has 10 nitrogen and oxygen atoms in total. The Hall–Kier alpha value is -4.58. The van der Waals surface area contributed by atoms with E-state index in [0.717, 1.165) is 66.6 Å². The lowest BCUT2D eigenvalue weighted by molar-refractivity contribution is -0.146. The summed E-state index contributed by atoms with van der Waals surface area (Å²) in [5.74, 6) is 2.67. The van der Waals surface area contributed by atoms with Gasteiger partial charge in [-0.05, 0) is 77.0 Å². The highest BCUT2D eigenvalue weighted by Gasteiger charge is 2.21. The van der Waals surface area contributed by atoms with Crippen molar-refractivity contribution in [2.45, 2.75) is 39.1 Å². The normalized spacial score (nSPS) is 13.0. The van der Waals surface area contributed by atoms with Gasteiger partial charge in [0.15, 0.2) is 23.0 Å². The fraction of sp³-hybridized carbons (Fsp3) is 0.350. The van der Waals surface area contributed by atoms with E-state index in [1.54, 1.807) is 28.4 Å². The van der Waals surface area contributed by atoms with Gasteiger partial charge in [-0.2, -0.15) is 0 Å². The summed E-state index contributed by atoms with van der Waals surface area (Å²) in [5, 5.41) is 3.58. The van der Waals surface area contributed by atoms with E-state index < -0.39 is 0 Å². The minimum atomic E-state index is -0.237. The van der Waals surface area contributed by atoms with Crippen LogP contribution in [0.2, 0.25) is 0 Å². The molecule has 2 heterocycles. The zero-order valence-electron chi connectivity index (χ0n) is 29.7. The van der Waals surface area contributed by atoms with Crippen LogP contribution in [0.3, 0.4) is 0 Å². The van der Waals surface area contributed by atoms with E-state index in [4.69, 9.17) is 28.4 Å². The van der Waals surface area contributed by atoms with Crippen LogP contribution in [0.5, 0.6) is 23.0 Å². The topological polar surface area (TPSA) is 105 Å². The summed E-state index contributed by atoms with van der Waals surface area (Å²) < 4.78 is 31.5. The van der Waals surface area contributed by atoms with Gasteiger partial charge in [-0.15, -0.1) is 0 Å². The summed E-state index contributed by atoms with van der Waals surface area (Å²) in [6.07, 6.45) is 1.94. The predicted octanol–water partition coefficient (Wildman–Crippen LogP) is 6.28. The highest BCUT2D eigenvalue weighted by molar-refractivity contribution is 9.09. The van der Waals surface area contributed by atoms with Crippen molar-refractivity contribution in [2.75, 3.05) is 53.4 Å². The maximum atomic E-state index is 12.1. The van der Waals surface area contributed by atoms with Crippen molar-refractivity contribution >= 4 is 27.9 Å². The van der Waals surface area contributed by atoms with Gasteiger partial charge in [-0.25, -0.2) is 0 Å². The van der Waals surface area contributed by atoms with Crippen molar-refractivity contribution in [3.05, 3.63) is 118 Å². The Morgan fingerprint density at radius 1 is 0.647 bits per heavy atom. The van der Waals surface area contributed by atoms with Gasteiger partial charge in [0.2, 0.25) is 0 Å². The molecular formula is C40H47BrN2O8. The van der Waals surface area contributed by atoms with E-state index in [2.05, 4.69) is 38.3 Å². The van der Waals surface area contributed by atoms with Crippen LogP contribution in [0.25, 0.3) is 0 Å². The minimum Gasteiger partial charge on any atom is -0.493 e. The Kier molecular flexibility index (Phi) is 16.1. The zero-order valence-corrected chi connectivity index (χ0v) is 31.3. The Bertz CT molecular complexity index is 1640. The number of hydrogen-bond donors (Lipinski definition) is 1. The van der Waals surface area contributed by atoms with E-state index in [-0.39, 0.29) is 17.3 Å². The van der Waals surface area contributed by atoms with Crippen LogP contribution in [0.1, 0.15) is 33.4 Å². The molecule has 0 atom stereocenters. The summed E-state index contributed by atoms with van der Waals surface area (Å²) in [6.45, 7) is 4.46. The molecule has 0 amide bonds. The molecule has 0 aliphatic carbocycles. The number of carbonyl (C=O) groups excluding carboxylic acids is 2. The minimum absolute atomic E-state index is 0.201. The molecule has 0 spiro atoms. The molecule has 0 saturated carbocycles. The molecule has 0 unspecified atom stereocenters. The fourth-order valence-electron chi connectivity index (χ4n) is 5.63. The van der Waals surface area contributed by atoms with Crippen molar-refractivity contribution < 1.29 is 38.0 Å². The number of fused-ring (bicyclic) bond motifs is 2. The molecule has 11 heteroatoms. The van der Waals surface area contributed by atoms with Crippen molar-refractivity contribution in [1.29, 1.82) is 0 Å². The first-order valence-electron chi connectivity index (χ1n) is 16.7. The molecule has 0 radical (unpaired) electrons. The van der Waals surface area contributed by atoms with E-state index in [1.165, 1.54) is 22.3 Å². The summed E-state index contributed by atoms with van der Waals surface area (Å²) in [7, 11) is 6.61. The van der Waals surface area contributed by atoms with Gasteiger partial charge in [0.25, 0.3) is 0 Å². The van der Waals surface area contributed by atoms with Crippen molar-refractivity contribution in [3.63, 3.8) is 0 Å². The molecule has 4 aromatic carbocycles. The van der Waals surface area contributed by atoms with Crippen LogP contribution in [-0.4, -0.2) is 70.2 Å². The van der Waals surface area contributed by atoms with Crippen LogP contribution in [0.15, 0.2) is 84.9 Å². The zero-order chi connectivity index (χ0) is 36.4. The van der Waals surface area contributed by atoms with Crippen LogP contribution >= 0.6 is 15.9 Å². The fourth-order valence-corrected chi connectivity index (χ4v) is 5.79. The lowest BCUT2D eigenvalue weighted by atomic mass is 9.99. The van der Waals surface area contributed by atoms with Crippen molar-refractivity contribution in [3.8, 4) is 23.0 Å². The van der Waals surface area contributed by atoms with Gasteiger partial charge in [-0.1, -0.05) is 76.6 Å². The molecule has 4 aromatic rings. The molecule has 2 aliphatic rings. The van der Waals surface area contributed by atoms with Crippen LogP contribution in [-0.2, 0) is 58.2 Å². The number of nitrogens with zero attached hydrogens (tertiary/aromatic N) is 1. The second-order valence-electron chi connectivity index (χ2n) is 11.8. The molecule has 1 N–H and O–H groups in total. The van der Waals surface area contributed by atoms with E-state index in [9.17, 15) is 9.59 Å². The molecule has 0 bridgehead atoms. The Balaban J connectivity index is 0.000000189. The predicted molar refractivity (Wildman–Crippen MR) is 200 cm³/mol. The second kappa shape index (κ2) is 20.9. The third-order valence-electron chi connectivity index (χ3n) is 8.34. The quantitative estimate of drug-likeness (QED) is 0.139. The van der Waals surface area contributed by atoms with Gasteiger partial charge in [0, 0.05) is 19.6 Å². The maximum absolute atomic E-state index is 12.1. The summed E-state index contributed by atoms with van der Waals surface area (Å²) in [5.41, 5.74) is 7.09. The van der Waals surface area contributed by atoms with Crippen molar-refractivity contribution in [2.24, 2.45) is 0 Å². The highest BCUT2D eigenvalue weighted by Crippen LogP contribution is 2.33. The monoisotopic (exact) mass is 762 g/mol. The lowest BCUT2D eigenvalue weighted by Gasteiger charge is -2.28. The number of rotatable bonds is 11. The number of benzene rings is 4. The van der Waals surface area contributed by atoms with Crippen LogP contribution in [0, 0.1) is 0 Å². The first-order valence-corrected chi connectivity index (χ1v) is 17.8.